The monoisotopic (exact) mass is 504 g/mol. The molecule has 0 fully saturated rings. The first-order valence-electron chi connectivity index (χ1n) is 9.74. The van der Waals surface area contributed by atoms with Crippen LogP contribution in [0.2, 0.25) is 20.1 Å². The van der Waals surface area contributed by atoms with Crippen LogP contribution in [-0.2, 0) is 16.1 Å². The summed E-state index contributed by atoms with van der Waals surface area (Å²) in [5.74, 6) is -0.346. The van der Waals surface area contributed by atoms with Crippen LogP contribution in [0.5, 0.6) is 5.75 Å². The number of benzene rings is 2. The summed E-state index contributed by atoms with van der Waals surface area (Å²) in [6.07, 6.45) is 0.771. The molecule has 0 saturated carbocycles. The van der Waals surface area contributed by atoms with Crippen molar-refractivity contribution in [1.29, 1.82) is 0 Å². The van der Waals surface area contributed by atoms with Crippen LogP contribution in [0.25, 0.3) is 0 Å². The molecular weight excluding hydrogens is 482 g/mol. The second-order valence-corrected chi connectivity index (χ2v) is 8.80. The molecule has 0 aliphatic heterocycles. The molecule has 168 valence electrons. The topological polar surface area (TPSA) is 58.6 Å². The van der Waals surface area contributed by atoms with Crippen molar-refractivity contribution in [3.63, 3.8) is 0 Å². The molecule has 0 saturated heterocycles. The molecule has 0 radical (unpaired) electrons. The third kappa shape index (κ3) is 7.46. The molecule has 2 aromatic carbocycles. The lowest BCUT2D eigenvalue weighted by atomic mass is 10.1. The van der Waals surface area contributed by atoms with Crippen LogP contribution in [0.15, 0.2) is 36.4 Å². The van der Waals surface area contributed by atoms with Gasteiger partial charge < -0.3 is 15.0 Å². The van der Waals surface area contributed by atoms with E-state index in [2.05, 4.69) is 5.32 Å². The Balaban J connectivity index is 2.22. The Kier molecular flexibility index (Phi) is 9.76. The van der Waals surface area contributed by atoms with Crippen LogP contribution < -0.4 is 10.1 Å². The van der Waals surface area contributed by atoms with Gasteiger partial charge in [0, 0.05) is 27.7 Å². The number of halogens is 4. The van der Waals surface area contributed by atoms with E-state index in [9.17, 15) is 9.59 Å². The van der Waals surface area contributed by atoms with Gasteiger partial charge in [0.15, 0.2) is 6.61 Å². The van der Waals surface area contributed by atoms with E-state index < -0.39 is 11.9 Å². The van der Waals surface area contributed by atoms with Gasteiger partial charge in [-0.15, -0.1) is 0 Å². The lowest BCUT2D eigenvalue weighted by Gasteiger charge is -2.30. The fraction of sp³-hybridized carbons (Fsp3) is 0.364. The van der Waals surface area contributed by atoms with Gasteiger partial charge in [-0.2, -0.15) is 0 Å². The number of ether oxygens (including phenoxy) is 1. The van der Waals surface area contributed by atoms with Gasteiger partial charge in [-0.05, 0) is 56.2 Å². The minimum atomic E-state index is -0.752. The van der Waals surface area contributed by atoms with E-state index in [4.69, 9.17) is 51.1 Å². The van der Waals surface area contributed by atoms with Crippen LogP contribution in [0, 0.1) is 0 Å². The maximum absolute atomic E-state index is 13.1. The number of carbonyl (C=O) groups excluding carboxylic acids is 2. The fourth-order valence-electron chi connectivity index (χ4n) is 2.70. The lowest BCUT2D eigenvalue weighted by Crippen LogP contribution is -2.50. The summed E-state index contributed by atoms with van der Waals surface area (Å²) in [4.78, 5) is 27.2. The summed E-state index contributed by atoms with van der Waals surface area (Å²) in [7, 11) is 0. The summed E-state index contributed by atoms with van der Waals surface area (Å²) in [6.45, 7) is 5.33. The number of nitrogens with zero attached hydrogens (tertiary/aromatic N) is 1. The number of carbonyl (C=O) groups is 2. The molecule has 0 aliphatic rings. The Morgan fingerprint density at radius 2 is 1.61 bits per heavy atom. The van der Waals surface area contributed by atoms with Gasteiger partial charge in [0.05, 0.1) is 5.02 Å². The van der Waals surface area contributed by atoms with Gasteiger partial charge in [0.25, 0.3) is 5.91 Å². The highest BCUT2D eigenvalue weighted by Gasteiger charge is 2.28. The summed E-state index contributed by atoms with van der Waals surface area (Å²) in [6, 6.07) is 8.94. The molecule has 0 aromatic heterocycles. The van der Waals surface area contributed by atoms with Gasteiger partial charge in [0.2, 0.25) is 5.91 Å². The van der Waals surface area contributed by atoms with E-state index in [1.165, 1.54) is 11.0 Å². The van der Waals surface area contributed by atoms with Crippen molar-refractivity contribution in [1.82, 2.24) is 10.2 Å². The molecule has 0 heterocycles. The second kappa shape index (κ2) is 11.8. The molecule has 2 aromatic rings. The second-order valence-electron chi connectivity index (χ2n) is 7.11. The number of hydrogen-bond donors (Lipinski definition) is 1. The molecule has 2 amide bonds. The van der Waals surface area contributed by atoms with Crippen LogP contribution in [-0.4, -0.2) is 35.4 Å². The molecular formula is C22H24Cl4N2O3. The van der Waals surface area contributed by atoms with E-state index in [1.54, 1.807) is 37.3 Å². The average molecular weight is 506 g/mol. The van der Waals surface area contributed by atoms with Gasteiger partial charge in [-0.1, -0.05) is 59.4 Å². The molecule has 2 atom stereocenters. The summed E-state index contributed by atoms with van der Waals surface area (Å²) >= 11 is 24.3. The van der Waals surface area contributed by atoms with Crippen molar-refractivity contribution >= 4 is 58.2 Å². The molecule has 2 rings (SSSR count). The predicted molar refractivity (Wildman–Crippen MR) is 126 cm³/mol. The molecule has 0 aliphatic carbocycles. The highest BCUT2D eigenvalue weighted by Crippen LogP contribution is 2.28. The standard InChI is InChI=1S/C22H24Cl4N2O3/c1-4-13(2)27-22(30)14(3)28(11-15-5-6-16(23)9-18(15)25)21(29)12-31-20-8-7-17(24)10-19(20)26/h5-10,13-14H,4,11-12H2,1-3H3,(H,27,30). The molecule has 0 bridgehead atoms. The van der Waals surface area contributed by atoms with Crippen LogP contribution in [0.1, 0.15) is 32.8 Å². The first-order chi connectivity index (χ1) is 14.6. The Hall–Kier alpha value is -1.66. The zero-order valence-corrected chi connectivity index (χ0v) is 20.4. The Morgan fingerprint density at radius 3 is 2.19 bits per heavy atom. The molecule has 31 heavy (non-hydrogen) atoms. The largest absolute Gasteiger partial charge is 0.482 e. The van der Waals surface area contributed by atoms with Crippen LogP contribution >= 0.6 is 46.4 Å². The van der Waals surface area contributed by atoms with Crippen molar-refractivity contribution in [3.05, 3.63) is 62.1 Å². The highest BCUT2D eigenvalue weighted by atomic mass is 35.5. The van der Waals surface area contributed by atoms with Gasteiger partial charge in [-0.25, -0.2) is 0 Å². The summed E-state index contributed by atoms with van der Waals surface area (Å²) in [5.41, 5.74) is 0.659. The normalized spacial score (nSPS) is 12.7. The predicted octanol–water partition coefficient (Wildman–Crippen LogP) is 6.01. The number of nitrogens with one attached hydrogen (secondary N) is 1. The SMILES string of the molecule is CCC(C)NC(=O)C(C)N(Cc1ccc(Cl)cc1Cl)C(=O)COc1ccc(Cl)cc1Cl. The Labute approximate surface area is 202 Å². The summed E-state index contributed by atoms with van der Waals surface area (Å²) in [5, 5.41) is 4.53. The third-order valence-electron chi connectivity index (χ3n) is 4.77. The van der Waals surface area contributed by atoms with Crippen molar-refractivity contribution < 1.29 is 14.3 Å². The quantitative estimate of drug-likeness (QED) is 0.453. The van der Waals surface area contributed by atoms with E-state index in [0.717, 1.165) is 6.42 Å². The van der Waals surface area contributed by atoms with Crippen molar-refractivity contribution in [2.24, 2.45) is 0 Å². The van der Waals surface area contributed by atoms with E-state index in [1.807, 2.05) is 13.8 Å². The minimum absolute atomic E-state index is 0.0184. The van der Waals surface area contributed by atoms with E-state index >= 15 is 0 Å². The highest BCUT2D eigenvalue weighted by molar-refractivity contribution is 6.35. The zero-order chi connectivity index (χ0) is 23.1. The maximum atomic E-state index is 13.1. The molecule has 2 unspecified atom stereocenters. The van der Waals surface area contributed by atoms with E-state index in [0.29, 0.717) is 26.4 Å². The van der Waals surface area contributed by atoms with Crippen LogP contribution in [0.4, 0.5) is 0 Å². The van der Waals surface area contributed by atoms with Crippen molar-refractivity contribution in [3.8, 4) is 5.75 Å². The Bertz CT molecular complexity index is 939. The molecule has 1 N–H and O–H groups in total. The molecule has 9 heteroatoms. The van der Waals surface area contributed by atoms with Crippen molar-refractivity contribution in [2.75, 3.05) is 6.61 Å². The lowest BCUT2D eigenvalue weighted by molar-refractivity contribution is -0.142. The molecule has 0 spiro atoms. The number of hydrogen-bond acceptors (Lipinski definition) is 3. The number of rotatable bonds is 9. The van der Waals surface area contributed by atoms with Crippen LogP contribution in [0.3, 0.4) is 0 Å². The minimum Gasteiger partial charge on any atom is -0.482 e. The van der Waals surface area contributed by atoms with Gasteiger partial charge >= 0.3 is 0 Å². The first-order valence-corrected chi connectivity index (χ1v) is 11.2. The van der Waals surface area contributed by atoms with E-state index in [-0.39, 0.29) is 30.1 Å². The average Bonchev–Trinajstić information content (AvgIpc) is 2.71. The van der Waals surface area contributed by atoms with Gasteiger partial charge in [-0.3, -0.25) is 9.59 Å². The Morgan fingerprint density at radius 1 is 1.00 bits per heavy atom. The summed E-state index contributed by atoms with van der Waals surface area (Å²) < 4.78 is 5.59. The number of amides is 2. The zero-order valence-electron chi connectivity index (χ0n) is 17.4. The third-order valence-corrected chi connectivity index (χ3v) is 5.89. The fourth-order valence-corrected chi connectivity index (χ4v) is 3.63. The smallest absolute Gasteiger partial charge is 0.261 e. The maximum Gasteiger partial charge on any atom is 0.261 e. The van der Waals surface area contributed by atoms with Gasteiger partial charge in [0.1, 0.15) is 11.8 Å². The molecule has 5 nitrogen and oxygen atoms in total. The van der Waals surface area contributed by atoms with Crippen molar-refractivity contribution in [2.45, 2.75) is 45.8 Å². The first kappa shape index (κ1) is 25.6.